The Balaban J connectivity index is 1.79. The van der Waals surface area contributed by atoms with Crippen molar-refractivity contribution in [2.24, 2.45) is 5.73 Å². The highest BCUT2D eigenvalue weighted by molar-refractivity contribution is 5.84. The highest BCUT2D eigenvalue weighted by atomic mass is 16.5. The Kier molecular flexibility index (Phi) is 4.10. The smallest absolute Gasteiger partial charge is 0.239 e. The van der Waals surface area contributed by atoms with Crippen molar-refractivity contribution in [3.63, 3.8) is 0 Å². The molecular formula is C18H17N3O2. The molecule has 0 aliphatic rings. The normalized spacial score (nSPS) is 11.9. The molecule has 3 aromatic rings. The molecule has 0 aliphatic heterocycles. The topological polar surface area (TPSA) is 77.2 Å². The molecule has 1 atom stereocenters. The number of anilines is 1. The van der Waals surface area contributed by atoms with Gasteiger partial charge in [-0.3, -0.25) is 9.78 Å². The molecule has 3 rings (SSSR count). The second-order valence-electron chi connectivity index (χ2n) is 5.23. The van der Waals surface area contributed by atoms with Gasteiger partial charge in [0, 0.05) is 17.3 Å². The van der Waals surface area contributed by atoms with Crippen LogP contribution in [0.1, 0.15) is 6.92 Å². The summed E-state index contributed by atoms with van der Waals surface area (Å²) >= 11 is 0. The number of hydrogen-bond donors (Lipinski definition) is 2. The average Bonchev–Trinajstić information content (AvgIpc) is 2.57. The third-order valence-corrected chi connectivity index (χ3v) is 3.49. The minimum atomic E-state index is -0.427. The van der Waals surface area contributed by atoms with E-state index >= 15 is 0 Å². The van der Waals surface area contributed by atoms with Crippen molar-refractivity contribution in [2.75, 3.05) is 5.32 Å². The van der Waals surface area contributed by atoms with Crippen LogP contribution in [0.15, 0.2) is 60.8 Å². The standard InChI is InChI=1S/C18H17N3O2/c1-12(18(19)22)21-14-7-9-15(10-8-14)23-16-6-2-4-13-5-3-11-20-17(13)16/h2-12,21H,1H3,(H2,19,22)/t12-/m1/s1. The number of ether oxygens (including phenoxy) is 1. The van der Waals surface area contributed by atoms with Gasteiger partial charge in [-0.1, -0.05) is 18.2 Å². The first-order valence-electron chi connectivity index (χ1n) is 7.31. The summed E-state index contributed by atoms with van der Waals surface area (Å²) in [7, 11) is 0. The SMILES string of the molecule is C[C@@H](Nc1ccc(Oc2cccc3cccnc23)cc1)C(N)=O. The summed E-state index contributed by atoms with van der Waals surface area (Å²) in [4.78, 5) is 15.4. The predicted octanol–water partition coefficient (Wildman–Crippen LogP) is 3.31. The molecule has 0 saturated heterocycles. The Hall–Kier alpha value is -3.08. The van der Waals surface area contributed by atoms with E-state index in [2.05, 4.69) is 10.3 Å². The average molecular weight is 307 g/mol. The molecule has 1 heterocycles. The number of para-hydroxylation sites is 1. The maximum Gasteiger partial charge on any atom is 0.239 e. The number of nitrogens with two attached hydrogens (primary N) is 1. The van der Waals surface area contributed by atoms with Crippen LogP contribution in [0.2, 0.25) is 0 Å². The Morgan fingerprint density at radius 3 is 2.61 bits per heavy atom. The Morgan fingerprint density at radius 1 is 1.13 bits per heavy atom. The van der Waals surface area contributed by atoms with E-state index in [1.807, 2.05) is 54.6 Å². The number of primary amides is 1. The molecule has 0 fully saturated rings. The summed E-state index contributed by atoms with van der Waals surface area (Å²) in [6.45, 7) is 1.72. The van der Waals surface area contributed by atoms with Gasteiger partial charge in [0.2, 0.25) is 5.91 Å². The monoisotopic (exact) mass is 307 g/mol. The van der Waals surface area contributed by atoms with Gasteiger partial charge in [0.15, 0.2) is 5.75 Å². The molecule has 23 heavy (non-hydrogen) atoms. The van der Waals surface area contributed by atoms with Crippen LogP contribution in [0.5, 0.6) is 11.5 Å². The number of aromatic nitrogens is 1. The molecule has 5 nitrogen and oxygen atoms in total. The fraction of sp³-hybridized carbons (Fsp3) is 0.111. The molecule has 1 aromatic heterocycles. The largest absolute Gasteiger partial charge is 0.455 e. The van der Waals surface area contributed by atoms with Crippen LogP contribution in [0.25, 0.3) is 10.9 Å². The summed E-state index contributed by atoms with van der Waals surface area (Å²) in [6.07, 6.45) is 1.74. The van der Waals surface area contributed by atoms with E-state index in [0.29, 0.717) is 11.5 Å². The number of benzene rings is 2. The van der Waals surface area contributed by atoms with Gasteiger partial charge in [0.25, 0.3) is 0 Å². The molecule has 2 aromatic carbocycles. The lowest BCUT2D eigenvalue weighted by Gasteiger charge is -2.12. The number of rotatable bonds is 5. The number of nitrogens with one attached hydrogen (secondary N) is 1. The van der Waals surface area contributed by atoms with Crippen LogP contribution in [-0.4, -0.2) is 16.9 Å². The van der Waals surface area contributed by atoms with Gasteiger partial charge < -0.3 is 15.8 Å². The zero-order chi connectivity index (χ0) is 16.2. The number of hydrogen-bond acceptors (Lipinski definition) is 4. The van der Waals surface area contributed by atoms with Gasteiger partial charge in [-0.25, -0.2) is 0 Å². The minimum Gasteiger partial charge on any atom is -0.455 e. The van der Waals surface area contributed by atoms with Crippen LogP contribution in [0, 0.1) is 0 Å². The molecule has 0 spiro atoms. The van der Waals surface area contributed by atoms with E-state index in [1.165, 1.54) is 0 Å². The number of fused-ring (bicyclic) bond motifs is 1. The van der Waals surface area contributed by atoms with Crippen molar-refractivity contribution in [1.29, 1.82) is 0 Å². The fourth-order valence-corrected chi connectivity index (χ4v) is 2.23. The summed E-state index contributed by atoms with van der Waals surface area (Å²) in [6, 6.07) is 16.6. The third-order valence-electron chi connectivity index (χ3n) is 3.49. The van der Waals surface area contributed by atoms with Gasteiger partial charge in [-0.05, 0) is 43.3 Å². The number of pyridine rings is 1. The fourth-order valence-electron chi connectivity index (χ4n) is 2.23. The lowest BCUT2D eigenvalue weighted by atomic mass is 10.2. The van der Waals surface area contributed by atoms with Crippen LogP contribution in [-0.2, 0) is 4.79 Å². The van der Waals surface area contributed by atoms with Gasteiger partial charge in [0.1, 0.15) is 17.3 Å². The van der Waals surface area contributed by atoms with Gasteiger partial charge in [-0.15, -0.1) is 0 Å². The lowest BCUT2D eigenvalue weighted by molar-refractivity contribution is -0.118. The van der Waals surface area contributed by atoms with Crippen molar-refractivity contribution >= 4 is 22.5 Å². The molecule has 0 bridgehead atoms. The Bertz CT molecular complexity index is 826. The highest BCUT2D eigenvalue weighted by Gasteiger charge is 2.08. The molecule has 116 valence electrons. The molecule has 3 N–H and O–H groups in total. The van der Waals surface area contributed by atoms with Gasteiger partial charge >= 0.3 is 0 Å². The summed E-state index contributed by atoms with van der Waals surface area (Å²) in [5.74, 6) is 1.00. The van der Waals surface area contributed by atoms with Crippen molar-refractivity contribution in [2.45, 2.75) is 13.0 Å². The minimum absolute atomic E-state index is 0.396. The van der Waals surface area contributed by atoms with E-state index in [0.717, 1.165) is 16.6 Å². The quantitative estimate of drug-likeness (QED) is 0.758. The zero-order valence-electron chi connectivity index (χ0n) is 12.7. The number of amides is 1. The van der Waals surface area contributed by atoms with Crippen LogP contribution >= 0.6 is 0 Å². The van der Waals surface area contributed by atoms with Crippen molar-refractivity contribution < 1.29 is 9.53 Å². The molecule has 0 saturated carbocycles. The van der Waals surface area contributed by atoms with Gasteiger partial charge in [-0.2, -0.15) is 0 Å². The third kappa shape index (κ3) is 3.40. The maximum absolute atomic E-state index is 11.1. The first-order chi connectivity index (χ1) is 11.1. The summed E-state index contributed by atoms with van der Waals surface area (Å²) in [5.41, 5.74) is 6.86. The van der Waals surface area contributed by atoms with Crippen molar-refractivity contribution in [3.8, 4) is 11.5 Å². The Labute approximate surface area is 134 Å². The first kappa shape index (κ1) is 14.8. The van der Waals surface area contributed by atoms with Crippen LogP contribution in [0.3, 0.4) is 0 Å². The van der Waals surface area contributed by atoms with E-state index in [4.69, 9.17) is 10.5 Å². The summed E-state index contributed by atoms with van der Waals surface area (Å²) < 4.78 is 5.92. The van der Waals surface area contributed by atoms with Crippen LogP contribution < -0.4 is 15.8 Å². The number of nitrogens with zero attached hydrogens (tertiary/aromatic N) is 1. The maximum atomic E-state index is 11.1. The lowest BCUT2D eigenvalue weighted by Crippen LogP contribution is -2.32. The highest BCUT2D eigenvalue weighted by Crippen LogP contribution is 2.28. The second-order valence-corrected chi connectivity index (χ2v) is 5.23. The van der Waals surface area contributed by atoms with E-state index < -0.39 is 11.9 Å². The van der Waals surface area contributed by atoms with Crippen LogP contribution in [0.4, 0.5) is 5.69 Å². The Morgan fingerprint density at radius 2 is 1.87 bits per heavy atom. The van der Waals surface area contributed by atoms with E-state index in [-0.39, 0.29) is 0 Å². The molecule has 0 unspecified atom stereocenters. The predicted molar refractivity (Wildman–Crippen MR) is 90.5 cm³/mol. The van der Waals surface area contributed by atoms with E-state index in [1.54, 1.807) is 13.1 Å². The number of carbonyl (C=O) groups is 1. The van der Waals surface area contributed by atoms with Crippen molar-refractivity contribution in [1.82, 2.24) is 4.98 Å². The molecule has 0 aliphatic carbocycles. The number of carbonyl (C=O) groups excluding carboxylic acids is 1. The second kappa shape index (κ2) is 6.36. The molecule has 1 amide bonds. The molecule has 5 heteroatoms. The molecular weight excluding hydrogens is 290 g/mol. The van der Waals surface area contributed by atoms with E-state index in [9.17, 15) is 4.79 Å². The zero-order valence-corrected chi connectivity index (χ0v) is 12.7. The van der Waals surface area contributed by atoms with Gasteiger partial charge in [0.05, 0.1) is 0 Å². The van der Waals surface area contributed by atoms with Crippen molar-refractivity contribution in [3.05, 3.63) is 60.8 Å². The molecule has 0 radical (unpaired) electrons. The summed E-state index contributed by atoms with van der Waals surface area (Å²) in [5, 5.41) is 4.05. The first-order valence-corrected chi connectivity index (χ1v) is 7.31.